The Hall–Kier alpha value is -0.280. The van der Waals surface area contributed by atoms with Crippen molar-refractivity contribution in [2.45, 2.75) is 51.5 Å². The molecular weight excluding hydrogens is 236 g/mol. The van der Waals surface area contributed by atoms with Gasteiger partial charge in [0.1, 0.15) is 0 Å². The topological polar surface area (TPSA) is 46.3 Å². The Kier molecular flexibility index (Phi) is 5.74. The summed E-state index contributed by atoms with van der Waals surface area (Å²) in [4.78, 5) is 14.3. The number of rotatable bonds is 1. The Bertz CT molecular complexity index is 252. The van der Waals surface area contributed by atoms with Crippen LogP contribution in [0, 0.1) is 11.8 Å². The summed E-state index contributed by atoms with van der Waals surface area (Å²) >= 11 is 0. The second-order valence-corrected chi connectivity index (χ2v) is 5.63. The van der Waals surface area contributed by atoms with Crippen LogP contribution >= 0.6 is 12.4 Å². The molecule has 100 valence electrons. The highest BCUT2D eigenvalue weighted by atomic mass is 35.5. The molecule has 2 N–H and O–H groups in total. The van der Waals surface area contributed by atoms with Gasteiger partial charge in [-0.05, 0) is 38.0 Å². The maximum Gasteiger partial charge on any atom is 0.225 e. The maximum absolute atomic E-state index is 12.3. The molecule has 1 saturated carbocycles. The Morgan fingerprint density at radius 2 is 1.82 bits per heavy atom. The molecule has 0 aromatic carbocycles. The molecule has 17 heavy (non-hydrogen) atoms. The minimum Gasteiger partial charge on any atom is -0.342 e. The minimum atomic E-state index is 0. The van der Waals surface area contributed by atoms with Crippen molar-refractivity contribution in [2.24, 2.45) is 17.6 Å². The number of hydrogen-bond donors (Lipinski definition) is 1. The van der Waals surface area contributed by atoms with Gasteiger partial charge in [0.2, 0.25) is 5.91 Å². The Labute approximate surface area is 111 Å². The number of nitrogens with zero attached hydrogens (tertiary/aromatic N) is 1. The molecule has 0 radical (unpaired) electrons. The van der Waals surface area contributed by atoms with Crippen LogP contribution in [0.3, 0.4) is 0 Å². The molecule has 2 aliphatic rings. The summed E-state index contributed by atoms with van der Waals surface area (Å²) in [7, 11) is 0. The number of carbonyl (C=O) groups excluding carboxylic acids is 1. The van der Waals surface area contributed by atoms with Gasteiger partial charge in [-0.25, -0.2) is 0 Å². The van der Waals surface area contributed by atoms with Crippen molar-refractivity contribution in [3.8, 4) is 0 Å². The standard InChI is InChI=1S/C13H24N2O.ClH/c1-10-5-7-15(8-6-10)13(16)11-3-2-4-12(14)9-11;/h10-12H,2-9,14H2,1H3;1H. The zero-order valence-corrected chi connectivity index (χ0v) is 11.5. The number of likely N-dealkylation sites (tertiary alicyclic amines) is 1. The highest BCUT2D eigenvalue weighted by Crippen LogP contribution is 2.26. The van der Waals surface area contributed by atoms with Gasteiger partial charge in [-0.15, -0.1) is 12.4 Å². The third kappa shape index (κ3) is 3.85. The van der Waals surface area contributed by atoms with Crippen LogP contribution in [0.15, 0.2) is 0 Å². The minimum absolute atomic E-state index is 0. The smallest absolute Gasteiger partial charge is 0.225 e. The molecule has 1 amide bonds. The molecule has 1 heterocycles. The van der Waals surface area contributed by atoms with Crippen molar-refractivity contribution in [1.29, 1.82) is 0 Å². The van der Waals surface area contributed by atoms with Crippen LogP contribution in [0.25, 0.3) is 0 Å². The van der Waals surface area contributed by atoms with E-state index in [1.165, 1.54) is 12.8 Å². The molecule has 0 spiro atoms. The first-order chi connectivity index (χ1) is 7.66. The number of nitrogens with two attached hydrogens (primary N) is 1. The summed E-state index contributed by atoms with van der Waals surface area (Å²) in [6, 6.07) is 0.256. The molecule has 1 saturated heterocycles. The van der Waals surface area contributed by atoms with Crippen LogP contribution in [0.4, 0.5) is 0 Å². The van der Waals surface area contributed by atoms with E-state index in [9.17, 15) is 4.79 Å². The SMILES string of the molecule is CC1CCN(C(=O)C2CCCC(N)C2)CC1.Cl. The third-order valence-corrected chi connectivity index (χ3v) is 4.16. The number of hydrogen-bond acceptors (Lipinski definition) is 2. The molecule has 1 aliphatic carbocycles. The summed E-state index contributed by atoms with van der Waals surface area (Å²) in [6.07, 6.45) is 6.53. The molecular formula is C13H25ClN2O. The summed E-state index contributed by atoms with van der Waals surface area (Å²) in [6.45, 7) is 4.20. The Morgan fingerprint density at radius 3 is 2.41 bits per heavy atom. The van der Waals surface area contributed by atoms with Crippen LogP contribution < -0.4 is 5.73 Å². The highest BCUT2D eigenvalue weighted by molar-refractivity contribution is 5.85. The van der Waals surface area contributed by atoms with Gasteiger partial charge in [-0.2, -0.15) is 0 Å². The summed E-state index contributed by atoms with van der Waals surface area (Å²) in [5, 5.41) is 0. The maximum atomic E-state index is 12.3. The average Bonchev–Trinajstić information content (AvgIpc) is 2.29. The molecule has 0 aromatic heterocycles. The van der Waals surface area contributed by atoms with Crippen LogP contribution in [0.2, 0.25) is 0 Å². The van der Waals surface area contributed by atoms with Crippen molar-refractivity contribution >= 4 is 18.3 Å². The Balaban J connectivity index is 0.00000144. The molecule has 0 bridgehead atoms. The van der Waals surface area contributed by atoms with Crippen molar-refractivity contribution in [2.75, 3.05) is 13.1 Å². The second-order valence-electron chi connectivity index (χ2n) is 5.63. The summed E-state index contributed by atoms with van der Waals surface area (Å²) in [5.41, 5.74) is 5.94. The lowest BCUT2D eigenvalue weighted by Gasteiger charge is -2.35. The van der Waals surface area contributed by atoms with Crippen molar-refractivity contribution < 1.29 is 4.79 Å². The number of halogens is 1. The lowest BCUT2D eigenvalue weighted by molar-refractivity contribution is -0.138. The molecule has 2 atom stereocenters. The quantitative estimate of drug-likeness (QED) is 0.786. The second kappa shape index (κ2) is 6.60. The van der Waals surface area contributed by atoms with E-state index in [1.807, 2.05) is 0 Å². The van der Waals surface area contributed by atoms with Crippen molar-refractivity contribution in [3.63, 3.8) is 0 Å². The van der Waals surface area contributed by atoms with Gasteiger partial charge in [0.05, 0.1) is 0 Å². The molecule has 2 rings (SSSR count). The first-order valence-corrected chi connectivity index (χ1v) is 6.71. The molecule has 1 aliphatic heterocycles. The van der Waals surface area contributed by atoms with Gasteiger partial charge in [0.15, 0.2) is 0 Å². The summed E-state index contributed by atoms with van der Waals surface area (Å²) in [5.74, 6) is 1.39. The largest absolute Gasteiger partial charge is 0.342 e. The normalized spacial score (nSPS) is 30.8. The van der Waals surface area contributed by atoms with E-state index < -0.39 is 0 Å². The number of amides is 1. The van der Waals surface area contributed by atoms with Gasteiger partial charge in [-0.1, -0.05) is 13.3 Å². The zero-order valence-electron chi connectivity index (χ0n) is 10.7. The van der Waals surface area contributed by atoms with E-state index in [-0.39, 0.29) is 24.4 Å². The molecule has 3 nitrogen and oxygen atoms in total. The third-order valence-electron chi connectivity index (χ3n) is 4.16. The average molecular weight is 261 g/mol. The van der Waals surface area contributed by atoms with Crippen molar-refractivity contribution in [1.82, 2.24) is 4.90 Å². The monoisotopic (exact) mass is 260 g/mol. The molecule has 4 heteroatoms. The van der Waals surface area contributed by atoms with Crippen molar-refractivity contribution in [3.05, 3.63) is 0 Å². The first-order valence-electron chi connectivity index (χ1n) is 6.71. The molecule has 2 fully saturated rings. The molecule has 0 aromatic rings. The predicted molar refractivity (Wildman–Crippen MR) is 72.2 cm³/mol. The predicted octanol–water partition coefficient (Wildman–Crippen LogP) is 2.18. The Morgan fingerprint density at radius 1 is 1.18 bits per heavy atom. The van der Waals surface area contributed by atoms with Crippen LogP contribution in [0.1, 0.15) is 45.4 Å². The lowest BCUT2D eigenvalue weighted by atomic mass is 9.84. The summed E-state index contributed by atoms with van der Waals surface area (Å²) < 4.78 is 0. The van der Waals surface area contributed by atoms with Gasteiger partial charge < -0.3 is 10.6 Å². The zero-order chi connectivity index (χ0) is 11.5. The number of piperidine rings is 1. The van der Waals surface area contributed by atoms with Gasteiger partial charge in [-0.3, -0.25) is 4.79 Å². The van der Waals surface area contributed by atoms with Gasteiger partial charge in [0, 0.05) is 25.0 Å². The van der Waals surface area contributed by atoms with Crippen LogP contribution in [-0.2, 0) is 4.79 Å². The van der Waals surface area contributed by atoms with Gasteiger partial charge in [0.25, 0.3) is 0 Å². The molecule has 2 unspecified atom stereocenters. The fourth-order valence-electron chi connectivity index (χ4n) is 2.94. The fourth-order valence-corrected chi connectivity index (χ4v) is 2.94. The van der Waals surface area contributed by atoms with E-state index in [4.69, 9.17) is 5.73 Å². The van der Waals surface area contributed by atoms with E-state index in [0.717, 1.165) is 44.7 Å². The van der Waals surface area contributed by atoms with E-state index in [1.54, 1.807) is 0 Å². The van der Waals surface area contributed by atoms with Crippen LogP contribution in [-0.4, -0.2) is 29.9 Å². The number of carbonyl (C=O) groups is 1. The highest BCUT2D eigenvalue weighted by Gasteiger charge is 2.30. The van der Waals surface area contributed by atoms with E-state index in [2.05, 4.69) is 11.8 Å². The first kappa shape index (κ1) is 14.8. The van der Waals surface area contributed by atoms with E-state index >= 15 is 0 Å². The van der Waals surface area contributed by atoms with Crippen LogP contribution in [0.5, 0.6) is 0 Å². The lowest BCUT2D eigenvalue weighted by Crippen LogP contribution is -2.44. The van der Waals surface area contributed by atoms with Gasteiger partial charge >= 0.3 is 0 Å². The fraction of sp³-hybridized carbons (Fsp3) is 0.923. The van der Waals surface area contributed by atoms with E-state index in [0.29, 0.717) is 5.91 Å².